The van der Waals surface area contributed by atoms with Gasteiger partial charge in [-0.2, -0.15) is 0 Å². The van der Waals surface area contributed by atoms with Crippen molar-refractivity contribution in [1.82, 2.24) is 4.90 Å². The van der Waals surface area contributed by atoms with Gasteiger partial charge in [0.1, 0.15) is 5.82 Å². The van der Waals surface area contributed by atoms with Gasteiger partial charge in [0.2, 0.25) is 0 Å². The highest BCUT2D eigenvalue weighted by Crippen LogP contribution is 2.18. The Hall–Kier alpha value is -1.78. The Labute approximate surface area is 130 Å². The van der Waals surface area contributed by atoms with Crippen LogP contribution in [0.15, 0.2) is 54.6 Å². The highest BCUT2D eigenvalue weighted by Gasteiger charge is 2.16. The fourth-order valence-electron chi connectivity index (χ4n) is 2.37. The second-order valence-corrected chi connectivity index (χ2v) is 5.66. The van der Waals surface area contributed by atoms with Gasteiger partial charge in [-0.3, -0.25) is 0 Å². The van der Waals surface area contributed by atoms with Crippen LogP contribution in [0.5, 0.6) is 0 Å². The van der Waals surface area contributed by atoms with E-state index in [4.69, 9.17) is 18.0 Å². The van der Waals surface area contributed by atoms with Gasteiger partial charge in [0.15, 0.2) is 0 Å². The van der Waals surface area contributed by atoms with Crippen molar-refractivity contribution in [1.29, 1.82) is 0 Å². The van der Waals surface area contributed by atoms with Crippen molar-refractivity contribution in [3.05, 3.63) is 71.5 Å². The minimum absolute atomic E-state index is 0.000223. The number of benzene rings is 2. The van der Waals surface area contributed by atoms with Crippen LogP contribution in [0.2, 0.25) is 0 Å². The number of nitrogens with two attached hydrogens (primary N) is 1. The number of nitrogens with zero attached hydrogens (tertiary/aromatic N) is 1. The smallest absolute Gasteiger partial charge is 0.123 e. The van der Waals surface area contributed by atoms with Crippen molar-refractivity contribution in [3.8, 4) is 0 Å². The second kappa shape index (κ2) is 7.29. The van der Waals surface area contributed by atoms with E-state index < -0.39 is 0 Å². The van der Waals surface area contributed by atoms with Crippen LogP contribution >= 0.6 is 12.2 Å². The largest absolute Gasteiger partial charge is 0.393 e. The molecule has 0 amide bonds. The van der Waals surface area contributed by atoms with Gasteiger partial charge < -0.3 is 10.6 Å². The van der Waals surface area contributed by atoms with E-state index in [-0.39, 0.29) is 11.7 Å². The molecule has 110 valence electrons. The number of hydrogen-bond acceptors (Lipinski definition) is 2. The van der Waals surface area contributed by atoms with Crippen LogP contribution in [0, 0.1) is 5.82 Å². The number of likely N-dealkylation sites (N-methyl/N-ethyl adjacent to an activating group) is 1. The van der Waals surface area contributed by atoms with E-state index in [2.05, 4.69) is 4.90 Å². The van der Waals surface area contributed by atoms with Gasteiger partial charge in [-0.15, -0.1) is 0 Å². The van der Waals surface area contributed by atoms with Crippen LogP contribution in [0.4, 0.5) is 4.39 Å². The standard InChI is InChI=1S/C17H19FN2S/c1-20(11-13-6-5-9-15(18)10-13)12-16(17(19)21)14-7-3-2-4-8-14/h2-10,16H,11-12H2,1H3,(H2,19,21). The summed E-state index contributed by atoms with van der Waals surface area (Å²) in [6.45, 7) is 1.36. The summed E-state index contributed by atoms with van der Waals surface area (Å²) < 4.78 is 13.2. The lowest BCUT2D eigenvalue weighted by Crippen LogP contribution is -2.31. The number of halogens is 1. The summed E-state index contributed by atoms with van der Waals surface area (Å²) in [6, 6.07) is 16.6. The molecule has 2 rings (SSSR count). The third-order valence-corrected chi connectivity index (χ3v) is 3.67. The molecule has 0 aliphatic carbocycles. The molecule has 0 fully saturated rings. The van der Waals surface area contributed by atoms with E-state index in [0.29, 0.717) is 18.1 Å². The molecule has 0 heterocycles. The van der Waals surface area contributed by atoms with Crippen molar-refractivity contribution < 1.29 is 4.39 Å². The van der Waals surface area contributed by atoms with Crippen molar-refractivity contribution in [3.63, 3.8) is 0 Å². The average molecular weight is 302 g/mol. The fraction of sp³-hybridized carbons (Fsp3) is 0.235. The van der Waals surface area contributed by atoms with Crippen LogP contribution in [0.25, 0.3) is 0 Å². The predicted octanol–water partition coefficient (Wildman–Crippen LogP) is 3.33. The summed E-state index contributed by atoms with van der Waals surface area (Å²) in [4.78, 5) is 2.58. The lowest BCUT2D eigenvalue weighted by Gasteiger charge is -2.23. The molecule has 0 bridgehead atoms. The van der Waals surface area contributed by atoms with Crippen LogP contribution in [0.1, 0.15) is 17.0 Å². The first-order valence-corrected chi connectivity index (χ1v) is 7.24. The molecule has 0 aliphatic heterocycles. The first kappa shape index (κ1) is 15.6. The molecule has 2 N–H and O–H groups in total. The fourth-order valence-corrected chi connectivity index (χ4v) is 2.58. The second-order valence-electron chi connectivity index (χ2n) is 5.19. The van der Waals surface area contributed by atoms with Gasteiger partial charge >= 0.3 is 0 Å². The Bertz CT molecular complexity index is 601. The van der Waals surface area contributed by atoms with E-state index in [1.807, 2.05) is 43.4 Å². The van der Waals surface area contributed by atoms with E-state index in [1.54, 1.807) is 12.1 Å². The number of rotatable bonds is 6. The topological polar surface area (TPSA) is 29.3 Å². The zero-order chi connectivity index (χ0) is 15.2. The normalized spacial score (nSPS) is 12.3. The molecule has 2 aromatic rings. The van der Waals surface area contributed by atoms with Crippen LogP contribution in [-0.4, -0.2) is 23.5 Å². The molecule has 0 aromatic heterocycles. The Balaban J connectivity index is 2.05. The summed E-state index contributed by atoms with van der Waals surface area (Å²) in [7, 11) is 1.99. The average Bonchev–Trinajstić information content (AvgIpc) is 2.45. The molecule has 4 heteroatoms. The molecule has 0 saturated carbocycles. The zero-order valence-electron chi connectivity index (χ0n) is 12.0. The summed E-state index contributed by atoms with van der Waals surface area (Å²) >= 11 is 5.19. The monoisotopic (exact) mass is 302 g/mol. The Morgan fingerprint density at radius 1 is 1.19 bits per heavy atom. The van der Waals surface area contributed by atoms with Crippen molar-refractivity contribution in [2.24, 2.45) is 5.73 Å². The molecule has 0 spiro atoms. The van der Waals surface area contributed by atoms with Crippen molar-refractivity contribution >= 4 is 17.2 Å². The van der Waals surface area contributed by atoms with Crippen LogP contribution in [0.3, 0.4) is 0 Å². The Morgan fingerprint density at radius 2 is 1.90 bits per heavy atom. The molecular weight excluding hydrogens is 283 g/mol. The van der Waals surface area contributed by atoms with Gasteiger partial charge in [-0.05, 0) is 30.3 Å². The predicted molar refractivity (Wildman–Crippen MR) is 88.7 cm³/mol. The van der Waals surface area contributed by atoms with E-state index in [0.717, 1.165) is 11.1 Å². The molecule has 2 nitrogen and oxygen atoms in total. The summed E-state index contributed by atoms with van der Waals surface area (Å²) in [5.74, 6) is -0.213. The number of hydrogen-bond donors (Lipinski definition) is 1. The lowest BCUT2D eigenvalue weighted by molar-refractivity contribution is 0.323. The highest BCUT2D eigenvalue weighted by molar-refractivity contribution is 7.80. The maximum absolute atomic E-state index is 13.2. The van der Waals surface area contributed by atoms with E-state index in [1.165, 1.54) is 6.07 Å². The van der Waals surface area contributed by atoms with Gasteiger partial charge in [0.25, 0.3) is 0 Å². The van der Waals surface area contributed by atoms with Crippen molar-refractivity contribution in [2.45, 2.75) is 12.5 Å². The number of thiocarbonyl (C=S) groups is 1. The van der Waals surface area contributed by atoms with Gasteiger partial charge in [-0.25, -0.2) is 4.39 Å². The molecule has 1 unspecified atom stereocenters. The molecular formula is C17H19FN2S. The molecule has 0 aliphatic rings. The summed E-state index contributed by atoms with van der Waals surface area (Å²) in [5.41, 5.74) is 7.92. The minimum Gasteiger partial charge on any atom is -0.393 e. The Morgan fingerprint density at radius 3 is 2.52 bits per heavy atom. The molecule has 1 atom stereocenters. The van der Waals surface area contributed by atoms with E-state index in [9.17, 15) is 4.39 Å². The summed E-state index contributed by atoms with van der Waals surface area (Å²) in [6.07, 6.45) is 0. The van der Waals surface area contributed by atoms with Gasteiger partial charge in [-0.1, -0.05) is 54.7 Å². The summed E-state index contributed by atoms with van der Waals surface area (Å²) in [5, 5.41) is 0. The minimum atomic E-state index is -0.213. The molecule has 0 radical (unpaired) electrons. The lowest BCUT2D eigenvalue weighted by atomic mass is 9.98. The van der Waals surface area contributed by atoms with Crippen LogP contribution in [-0.2, 0) is 6.54 Å². The maximum atomic E-state index is 13.2. The third-order valence-electron chi connectivity index (χ3n) is 3.38. The molecule has 0 saturated heterocycles. The molecule has 21 heavy (non-hydrogen) atoms. The quantitative estimate of drug-likeness (QED) is 0.830. The first-order valence-electron chi connectivity index (χ1n) is 6.83. The van der Waals surface area contributed by atoms with Crippen molar-refractivity contribution in [2.75, 3.05) is 13.6 Å². The van der Waals surface area contributed by atoms with Gasteiger partial charge in [0, 0.05) is 19.0 Å². The third kappa shape index (κ3) is 4.62. The van der Waals surface area contributed by atoms with Crippen LogP contribution < -0.4 is 5.73 Å². The highest BCUT2D eigenvalue weighted by atomic mass is 32.1. The maximum Gasteiger partial charge on any atom is 0.123 e. The zero-order valence-corrected chi connectivity index (χ0v) is 12.8. The SMILES string of the molecule is CN(Cc1cccc(F)c1)CC(C(N)=S)c1ccccc1. The first-order chi connectivity index (χ1) is 10.1. The molecule has 2 aromatic carbocycles. The van der Waals surface area contributed by atoms with Gasteiger partial charge in [0.05, 0.1) is 4.99 Å². The van der Waals surface area contributed by atoms with E-state index >= 15 is 0 Å². The Kier molecular flexibility index (Phi) is 5.42.